The Morgan fingerprint density at radius 2 is 1.81 bits per heavy atom. The Kier molecular flexibility index (Phi) is 3.96. The lowest BCUT2D eigenvalue weighted by Crippen LogP contribution is -2.12. The normalized spacial score (nSPS) is 12.0. The van der Waals surface area contributed by atoms with Crippen LogP contribution in [-0.4, -0.2) is 21.5 Å². The Morgan fingerprint density at radius 3 is 2.57 bits per heavy atom. The maximum absolute atomic E-state index is 4.06. The molecule has 1 N–H and O–H groups in total. The van der Waals surface area contributed by atoms with Crippen molar-refractivity contribution < 1.29 is 0 Å². The van der Waals surface area contributed by atoms with E-state index in [1.807, 2.05) is 30.5 Å². The molecule has 0 spiro atoms. The SMILES string of the molecule is CC(CNc1ccccc1-n1ccnn1)c1ccccc1. The predicted octanol–water partition coefficient (Wildman–Crippen LogP) is 3.48. The maximum atomic E-state index is 4.06. The quantitative estimate of drug-likeness (QED) is 0.777. The van der Waals surface area contributed by atoms with E-state index in [1.165, 1.54) is 5.56 Å². The molecule has 4 heteroatoms. The average molecular weight is 278 g/mol. The summed E-state index contributed by atoms with van der Waals surface area (Å²) in [7, 11) is 0. The Hall–Kier alpha value is -2.62. The molecule has 106 valence electrons. The summed E-state index contributed by atoms with van der Waals surface area (Å²) < 4.78 is 1.77. The molecule has 1 unspecified atom stereocenters. The van der Waals surface area contributed by atoms with E-state index in [0.717, 1.165) is 17.9 Å². The van der Waals surface area contributed by atoms with Crippen LogP contribution in [0.25, 0.3) is 5.69 Å². The Balaban J connectivity index is 1.74. The van der Waals surface area contributed by atoms with Crippen molar-refractivity contribution in [3.63, 3.8) is 0 Å². The van der Waals surface area contributed by atoms with Crippen LogP contribution in [-0.2, 0) is 0 Å². The van der Waals surface area contributed by atoms with Gasteiger partial charge >= 0.3 is 0 Å². The molecular formula is C17H18N4. The monoisotopic (exact) mass is 278 g/mol. The first-order chi connectivity index (χ1) is 10.3. The number of para-hydroxylation sites is 2. The molecule has 0 bridgehead atoms. The third-order valence-electron chi connectivity index (χ3n) is 3.54. The van der Waals surface area contributed by atoms with Gasteiger partial charge in [-0.05, 0) is 23.6 Å². The van der Waals surface area contributed by atoms with Gasteiger partial charge in [0, 0.05) is 6.54 Å². The highest BCUT2D eigenvalue weighted by molar-refractivity contribution is 5.60. The van der Waals surface area contributed by atoms with Crippen LogP contribution in [0.3, 0.4) is 0 Å². The number of hydrogen-bond donors (Lipinski definition) is 1. The fourth-order valence-corrected chi connectivity index (χ4v) is 2.32. The van der Waals surface area contributed by atoms with Gasteiger partial charge in [0.2, 0.25) is 0 Å². The zero-order valence-electron chi connectivity index (χ0n) is 12.0. The molecule has 2 aromatic carbocycles. The largest absolute Gasteiger partial charge is 0.383 e. The Bertz CT molecular complexity index is 677. The van der Waals surface area contributed by atoms with E-state index in [4.69, 9.17) is 0 Å². The number of rotatable bonds is 5. The number of benzene rings is 2. The van der Waals surface area contributed by atoms with Gasteiger partial charge in [-0.15, -0.1) is 5.10 Å². The van der Waals surface area contributed by atoms with Gasteiger partial charge in [-0.2, -0.15) is 0 Å². The summed E-state index contributed by atoms with van der Waals surface area (Å²) in [6.07, 6.45) is 3.53. The number of nitrogens with zero attached hydrogens (tertiary/aromatic N) is 3. The molecule has 4 nitrogen and oxygen atoms in total. The fourth-order valence-electron chi connectivity index (χ4n) is 2.32. The van der Waals surface area contributed by atoms with Crippen molar-refractivity contribution in [1.82, 2.24) is 15.0 Å². The molecule has 0 saturated heterocycles. The summed E-state index contributed by atoms with van der Waals surface area (Å²) in [4.78, 5) is 0. The summed E-state index contributed by atoms with van der Waals surface area (Å²) in [6, 6.07) is 18.6. The van der Waals surface area contributed by atoms with Crippen LogP contribution >= 0.6 is 0 Å². The van der Waals surface area contributed by atoms with Gasteiger partial charge in [0.25, 0.3) is 0 Å². The molecule has 1 atom stereocenters. The predicted molar refractivity (Wildman–Crippen MR) is 84.7 cm³/mol. The van der Waals surface area contributed by atoms with E-state index < -0.39 is 0 Å². The number of aromatic nitrogens is 3. The van der Waals surface area contributed by atoms with Gasteiger partial charge in [-0.1, -0.05) is 54.6 Å². The molecular weight excluding hydrogens is 260 g/mol. The molecule has 1 heterocycles. The van der Waals surface area contributed by atoms with Crippen LogP contribution in [0.15, 0.2) is 67.0 Å². The molecule has 0 saturated carbocycles. The van der Waals surface area contributed by atoms with E-state index in [9.17, 15) is 0 Å². The molecule has 3 rings (SSSR count). The van der Waals surface area contributed by atoms with Crippen LogP contribution in [0.2, 0.25) is 0 Å². The zero-order chi connectivity index (χ0) is 14.5. The minimum absolute atomic E-state index is 0.440. The van der Waals surface area contributed by atoms with Crippen molar-refractivity contribution in [3.8, 4) is 5.69 Å². The van der Waals surface area contributed by atoms with Crippen LogP contribution in [0.1, 0.15) is 18.4 Å². The van der Waals surface area contributed by atoms with Crippen molar-refractivity contribution in [1.29, 1.82) is 0 Å². The summed E-state index contributed by atoms with van der Waals surface area (Å²) in [5.74, 6) is 0.440. The average Bonchev–Trinajstić information content (AvgIpc) is 3.08. The zero-order valence-corrected chi connectivity index (χ0v) is 12.0. The molecule has 0 amide bonds. The summed E-state index contributed by atoms with van der Waals surface area (Å²) in [6.45, 7) is 3.09. The fraction of sp³-hybridized carbons (Fsp3) is 0.176. The van der Waals surface area contributed by atoms with Crippen molar-refractivity contribution >= 4 is 5.69 Å². The van der Waals surface area contributed by atoms with Crippen LogP contribution in [0, 0.1) is 0 Å². The lowest BCUT2D eigenvalue weighted by Gasteiger charge is -2.16. The molecule has 3 aromatic rings. The second kappa shape index (κ2) is 6.22. The standard InChI is InChI=1S/C17H18N4/c1-14(15-7-3-2-4-8-15)13-18-16-9-5-6-10-17(16)21-12-11-19-20-21/h2-12,14,18H,13H2,1H3. The van der Waals surface area contributed by atoms with Crippen molar-refractivity contribution in [2.24, 2.45) is 0 Å². The first kappa shape index (κ1) is 13.4. The minimum atomic E-state index is 0.440. The van der Waals surface area contributed by atoms with E-state index >= 15 is 0 Å². The molecule has 0 radical (unpaired) electrons. The Morgan fingerprint density at radius 1 is 1.05 bits per heavy atom. The second-order valence-corrected chi connectivity index (χ2v) is 5.06. The van der Waals surface area contributed by atoms with Crippen molar-refractivity contribution in [2.45, 2.75) is 12.8 Å². The maximum Gasteiger partial charge on any atom is 0.0894 e. The van der Waals surface area contributed by atoms with Crippen molar-refractivity contribution in [2.75, 3.05) is 11.9 Å². The number of hydrogen-bond acceptors (Lipinski definition) is 3. The van der Waals surface area contributed by atoms with Crippen LogP contribution < -0.4 is 5.32 Å². The van der Waals surface area contributed by atoms with Gasteiger partial charge in [-0.3, -0.25) is 0 Å². The van der Waals surface area contributed by atoms with Gasteiger partial charge in [0.05, 0.1) is 23.8 Å². The second-order valence-electron chi connectivity index (χ2n) is 5.06. The van der Waals surface area contributed by atoms with E-state index in [-0.39, 0.29) is 0 Å². The highest BCUT2D eigenvalue weighted by Crippen LogP contribution is 2.21. The highest BCUT2D eigenvalue weighted by atomic mass is 15.4. The minimum Gasteiger partial charge on any atom is -0.383 e. The Labute approximate surface area is 124 Å². The van der Waals surface area contributed by atoms with E-state index in [2.05, 4.69) is 52.9 Å². The third-order valence-corrected chi connectivity index (χ3v) is 3.54. The first-order valence-electron chi connectivity index (χ1n) is 7.09. The number of nitrogens with one attached hydrogen (secondary N) is 1. The molecule has 0 fully saturated rings. The smallest absolute Gasteiger partial charge is 0.0894 e. The van der Waals surface area contributed by atoms with Crippen LogP contribution in [0.4, 0.5) is 5.69 Å². The van der Waals surface area contributed by atoms with E-state index in [0.29, 0.717) is 5.92 Å². The van der Waals surface area contributed by atoms with Crippen molar-refractivity contribution in [3.05, 3.63) is 72.6 Å². The molecule has 0 aliphatic carbocycles. The van der Waals surface area contributed by atoms with Gasteiger partial charge in [0.1, 0.15) is 0 Å². The summed E-state index contributed by atoms with van der Waals surface area (Å²) in [5, 5.41) is 11.4. The molecule has 1 aromatic heterocycles. The third kappa shape index (κ3) is 3.11. The van der Waals surface area contributed by atoms with Gasteiger partial charge in [0.15, 0.2) is 0 Å². The summed E-state index contributed by atoms with van der Waals surface area (Å²) in [5.41, 5.74) is 3.41. The summed E-state index contributed by atoms with van der Waals surface area (Å²) >= 11 is 0. The van der Waals surface area contributed by atoms with Crippen LogP contribution in [0.5, 0.6) is 0 Å². The lowest BCUT2D eigenvalue weighted by molar-refractivity contribution is 0.788. The molecule has 21 heavy (non-hydrogen) atoms. The topological polar surface area (TPSA) is 42.7 Å². The molecule has 0 aliphatic rings. The van der Waals surface area contributed by atoms with E-state index in [1.54, 1.807) is 10.9 Å². The highest BCUT2D eigenvalue weighted by Gasteiger charge is 2.08. The first-order valence-corrected chi connectivity index (χ1v) is 7.09. The van der Waals surface area contributed by atoms with Gasteiger partial charge < -0.3 is 5.32 Å². The lowest BCUT2D eigenvalue weighted by atomic mass is 10.0. The number of anilines is 1. The van der Waals surface area contributed by atoms with Gasteiger partial charge in [-0.25, -0.2) is 4.68 Å². The molecule has 0 aliphatic heterocycles.